The van der Waals surface area contributed by atoms with Gasteiger partial charge in [-0.25, -0.2) is 0 Å². The van der Waals surface area contributed by atoms with Gasteiger partial charge in [-0.3, -0.25) is 4.79 Å². The normalized spacial score (nSPS) is 21.1. The van der Waals surface area contributed by atoms with Crippen molar-refractivity contribution in [1.82, 2.24) is 4.90 Å². The summed E-state index contributed by atoms with van der Waals surface area (Å²) < 4.78 is 11.4. The molecule has 2 aliphatic heterocycles. The first kappa shape index (κ1) is 16.1. The van der Waals surface area contributed by atoms with Gasteiger partial charge in [0.05, 0.1) is 28.7 Å². The summed E-state index contributed by atoms with van der Waals surface area (Å²) in [7, 11) is 0. The predicted molar refractivity (Wildman–Crippen MR) is 85.5 cm³/mol. The number of carbonyl (C=O) groups is 1. The number of benzene rings is 1. The fourth-order valence-electron chi connectivity index (χ4n) is 3.06. The number of morpholine rings is 1. The Morgan fingerprint density at radius 3 is 2.77 bits per heavy atom. The third-order valence-electron chi connectivity index (χ3n) is 4.38. The van der Waals surface area contributed by atoms with E-state index < -0.39 is 0 Å². The summed E-state index contributed by atoms with van der Waals surface area (Å²) in [6.45, 7) is 3.23. The van der Waals surface area contributed by atoms with Gasteiger partial charge in [-0.05, 0) is 11.6 Å². The molecule has 1 spiro atoms. The lowest BCUT2D eigenvalue weighted by atomic mass is 9.92. The fraction of sp³-hybridized carbons (Fsp3) is 0.562. The highest BCUT2D eigenvalue weighted by molar-refractivity contribution is 6.42. The van der Waals surface area contributed by atoms with Crippen molar-refractivity contribution in [2.45, 2.75) is 24.9 Å². The number of carbonyl (C=O) groups excluding carboxylic acids is 1. The number of amides is 1. The largest absolute Gasteiger partial charge is 0.381 e. The second-order valence-corrected chi connectivity index (χ2v) is 6.63. The van der Waals surface area contributed by atoms with Gasteiger partial charge in [-0.15, -0.1) is 0 Å². The predicted octanol–water partition coefficient (Wildman–Crippen LogP) is 2.94. The van der Waals surface area contributed by atoms with Gasteiger partial charge >= 0.3 is 0 Å². The minimum atomic E-state index is -0.232. The molecule has 0 aliphatic carbocycles. The molecule has 22 heavy (non-hydrogen) atoms. The molecule has 4 nitrogen and oxygen atoms in total. The molecule has 0 bridgehead atoms. The molecular weight excluding hydrogens is 325 g/mol. The SMILES string of the molecule is O=C(Cc1cccc(Cl)c1Cl)N1CCOC2(CCOCC2)C1. The summed E-state index contributed by atoms with van der Waals surface area (Å²) >= 11 is 12.2. The number of nitrogens with zero attached hydrogens (tertiary/aromatic N) is 1. The molecule has 2 saturated heterocycles. The van der Waals surface area contributed by atoms with E-state index in [1.807, 2.05) is 17.0 Å². The lowest BCUT2D eigenvalue weighted by Gasteiger charge is -2.44. The van der Waals surface area contributed by atoms with Gasteiger partial charge in [0, 0.05) is 39.1 Å². The van der Waals surface area contributed by atoms with Crippen LogP contribution in [-0.2, 0) is 20.7 Å². The minimum Gasteiger partial charge on any atom is -0.381 e. The maximum atomic E-state index is 12.6. The first-order chi connectivity index (χ1) is 10.6. The highest BCUT2D eigenvalue weighted by Gasteiger charge is 2.39. The van der Waals surface area contributed by atoms with Crippen molar-refractivity contribution in [1.29, 1.82) is 0 Å². The summed E-state index contributed by atoms with van der Waals surface area (Å²) in [6.07, 6.45) is 1.95. The van der Waals surface area contributed by atoms with E-state index in [1.165, 1.54) is 0 Å². The highest BCUT2D eigenvalue weighted by atomic mass is 35.5. The zero-order valence-electron chi connectivity index (χ0n) is 12.3. The molecule has 3 rings (SSSR count). The van der Waals surface area contributed by atoms with Crippen molar-refractivity contribution >= 4 is 29.1 Å². The van der Waals surface area contributed by atoms with Crippen LogP contribution in [0.25, 0.3) is 0 Å². The number of hydrogen-bond donors (Lipinski definition) is 0. The Hall–Kier alpha value is -0.810. The lowest BCUT2D eigenvalue weighted by Crippen LogP contribution is -2.56. The number of halogens is 2. The van der Waals surface area contributed by atoms with Crippen molar-refractivity contribution < 1.29 is 14.3 Å². The third kappa shape index (κ3) is 3.40. The molecule has 2 heterocycles. The van der Waals surface area contributed by atoms with E-state index in [2.05, 4.69) is 0 Å². The van der Waals surface area contributed by atoms with Crippen LogP contribution in [0.15, 0.2) is 18.2 Å². The second-order valence-electron chi connectivity index (χ2n) is 5.85. The zero-order valence-corrected chi connectivity index (χ0v) is 13.8. The maximum Gasteiger partial charge on any atom is 0.227 e. The second kappa shape index (κ2) is 6.75. The van der Waals surface area contributed by atoms with Crippen LogP contribution in [-0.4, -0.2) is 49.3 Å². The van der Waals surface area contributed by atoms with Crippen LogP contribution < -0.4 is 0 Å². The highest BCUT2D eigenvalue weighted by Crippen LogP contribution is 2.30. The Morgan fingerprint density at radius 1 is 1.23 bits per heavy atom. The Morgan fingerprint density at radius 2 is 2.00 bits per heavy atom. The molecule has 120 valence electrons. The van der Waals surface area contributed by atoms with E-state index in [0.717, 1.165) is 18.4 Å². The quantitative estimate of drug-likeness (QED) is 0.828. The summed E-state index contributed by atoms with van der Waals surface area (Å²) in [4.78, 5) is 14.5. The standard InChI is InChI=1S/C16H19Cl2NO3/c17-13-3-1-2-12(15(13)18)10-14(20)19-6-9-22-16(11-19)4-7-21-8-5-16/h1-3H,4-11H2. The summed E-state index contributed by atoms with van der Waals surface area (Å²) in [5, 5.41) is 0.946. The van der Waals surface area contributed by atoms with Crippen LogP contribution in [0.2, 0.25) is 10.0 Å². The minimum absolute atomic E-state index is 0.0679. The van der Waals surface area contributed by atoms with Crippen LogP contribution in [0.4, 0.5) is 0 Å². The first-order valence-electron chi connectivity index (χ1n) is 7.52. The summed E-state index contributed by atoms with van der Waals surface area (Å²) in [6, 6.07) is 5.39. The van der Waals surface area contributed by atoms with Crippen molar-refractivity contribution in [2.75, 3.05) is 32.9 Å². The van der Waals surface area contributed by atoms with Crippen molar-refractivity contribution in [2.24, 2.45) is 0 Å². The number of hydrogen-bond acceptors (Lipinski definition) is 3. The Bertz CT molecular complexity index is 553. The van der Waals surface area contributed by atoms with Gasteiger partial charge in [-0.1, -0.05) is 35.3 Å². The van der Waals surface area contributed by atoms with Gasteiger partial charge in [0.25, 0.3) is 0 Å². The Balaban J connectivity index is 1.68. The Labute approximate surface area is 140 Å². The molecule has 0 unspecified atom stereocenters. The van der Waals surface area contributed by atoms with Crippen molar-refractivity contribution in [3.05, 3.63) is 33.8 Å². The summed E-state index contributed by atoms with van der Waals surface area (Å²) in [5.41, 5.74) is 0.538. The molecule has 0 saturated carbocycles. The number of rotatable bonds is 2. The molecule has 2 aliphatic rings. The van der Waals surface area contributed by atoms with E-state index in [4.69, 9.17) is 32.7 Å². The van der Waals surface area contributed by atoms with E-state index in [0.29, 0.717) is 43.0 Å². The molecule has 0 N–H and O–H groups in total. The van der Waals surface area contributed by atoms with Crippen molar-refractivity contribution in [3.8, 4) is 0 Å². The molecule has 0 aromatic heterocycles. The number of ether oxygens (including phenoxy) is 2. The lowest BCUT2D eigenvalue weighted by molar-refractivity contribution is -0.167. The van der Waals surface area contributed by atoms with E-state index in [1.54, 1.807) is 6.07 Å². The van der Waals surface area contributed by atoms with Crippen molar-refractivity contribution in [3.63, 3.8) is 0 Å². The third-order valence-corrected chi connectivity index (χ3v) is 5.24. The van der Waals surface area contributed by atoms with Crippen LogP contribution in [0, 0.1) is 0 Å². The molecule has 2 fully saturated rings. The molecular formula is C16H19Cl2NO3. The van der Waals surface area contributed by atoms with E-state index >= 15 is 0 Å². The Kier molecular flexibility index (Phi) is 4.93. The fourth-order valence-corrected chi connectivity index (χ4v) is 3.45. The van der Waals surface area contributed by atoms with E-state index in [9.17, 15) is 4.79 Å². The maximum absolute atomic E-state index is 12.6. The van der Waals surface area contributed by atoms with Crippen LogP contribution in [0.5, 0.6) is 0 Å². The zero-order chi connectivity index (χ0) is 15.6. The molecule has 1 aromatic rings. The molecule has 0 radical (unpaired) electrons. The monoisotopic (exact) mass is 343 g/mol. The topological polar surface area (TPSA) is 38.8 Å². The molecule has 1 aromatic carbocycles. The first-order valence-corrected chi connectivity index (χ1v) is 8.28. The average molecular weight is 344 g/mol. The van der Waals surface area contributed by atoms with Crippen LogP contribution in [0.1, 0.15) is 18.4 Å². The molecule has 6 heteroatoms. The van der Waals surface area contributed by atoms with Gasteiger partial charge in [-0.2, -0.15) is 0 Å². The van der Waals surface area contributed by atoms with Crippen LogP contribution in [0.3, 0.4) is 0 Å². The van der Waals surface area contributed by atoms with Gasteiger partial charge in [0.15, 0.2) is 0 Å². The smallest absolute Gasteiger partial charge is 0.227 e. The van der Waals surface area contributed by atoms with Gasteiger partial charge < -0.3 is 14.4 Å². The molecule has 0 atom stereocenters. The average Bonchev–Trinajstić information content (AvgIpc) is 2.52. The molecule has 1 amide bonds. The van der Waals surface area contributed by atoms with Gasteiger partial charge in [0.2, 0.25) is 5.91 Å². The van der Waals surface area contributed by atoms with E-state index in [-0.39, 0.29) is 17.9 Å². The summed E-state index contributed by atoms with van der Waals surface area (Å²) in [5.74, 6) is 0.0679. The van der Waals surface area contributed by atoms with Crippen LogP contribution >= 0.6 is 23.2 Å². The van der Waals surface area contributed by atoms with Gasteiger partial charge in [0.1, 0.15) is 0 Å².